The van der Waals surface area contributed by atoms with Crippen molar-refractivity contribution in [3.8, 4) is 0 Å². The molecule has 1 heteroatoms. The van der Waals surface area contributed by atoms with E-state index in [0.717, 1.165) is 12.1 Å². The number of aryl methyl sites for hydroxylation is 1. The van der Waals surface area contributed by atoms with E-state index in [1.54, 1.807) is 0 Å². The number of hydrogen-bond acceptors (Lipinski definition) is 1. The number of para-hydroxylation sites is 1. The van der Waals surface area contributed by atoms with Crippen LogP contribution < -0.4 is 0 Å². The number of fused-ring (bicyclic) bond motifs is 1. The maximum absolute atomic E-state index is 4.40. The van der Waals surface area contributed by atoms with E-state index in [2.05, 4.69) is 42.3 Å². The maximum Gasteiger partial charge on any atom is 0.0727 e. The summed E-state index contributed by atoms with van der Waals surface area (Å²) in [6.45, 7) is 10.1. The van der Waals surface area contributed by atoms with Crippen LogP contribution in [0.25, 0.3) is 6.08 Å². The Morgan fingerprint density at radius 1 is 1.06 bits per heavy atom. The molecule has 0 saturated heterocycles. The lowest BCUT2D eigenvalue weighted by Crippen LogP contribution is -1.78. The molecular formula is C15H23N. The topological polar surface area (TPSA) is 12.4 Å². The molecule has 1 aromatic rings. The van der Waals surface area contributed by atoms with Gasteiger partial charge in [-0.1, -0.05) is 58.0 Å². The van der Waals surface area contributed by atoms with Crippen molar-refractivity contribution < 1.29 is 0 Å². The fourth-order valence-electron chi connectivity index (χ4n) is 1.39. The summed E-state index contributed by atoms with van der Waals surface area (Å²) in [5.41, 5.74) is 3.59. The van der Waals surface area contributed by atoms with Gasteiger partial charge in [0.25, 0.3) is 0 Å². The number of aliphatic imine (C=N–C) groups is 1. The Morgan fingerprint density at radius 2 is 1.75 bits per heavy atom. The highest BCUT2D eigenvalue weighted by Crippen LogP contribution is 2.26. The summed E-state index contributed by atoms with van der Waals surface area (Å²) in [5, 5.41) is 0. The molecule has 1 nitrogen and oxygen atoms in total. The highest BCUT2D eigenvalue weighted by Gasteiger charge is 2.01. The van der Waals surface area contributed by atoms with Crippen LogP contribution in [-0.2, 0) is 0 Å². The summed E-state index contributed by atoms with van der Waals surface area (Å²) >= 11 is 0. The molecule has 0 atom stereocenters. The van der Waals surface area contributed by atoms with Gasteiger partial charge in [0.05, 0.1) is 5.69 Å². The van der Waals surface area contributed by atoms with Crippen molar-refractivity contribution in [2.24, 2.45) is 4.99 Å². The van der Waals surface area contributed by atoms with Crippen molar-refractivity contribution in [1.29, 1.82) is 0 Å². The second kappa shape index (κ2) is 8.90. The van der Waals surface area contributed by atoms with E-state index in [4.69, 9.17) is 0 Å². The molecular weight excluding hydrogens is 194 g/mol. The molecule has 2 rings (SSSR count). The molecule has 0 fully saturated rings. The highest BCUT2D eigenvalue weighted by atomic mass is 14.7. The molecule has 1 aliphatic heterocycles. The lowest BCUT2D eigenvalue weighted by Gasteiger charge is -2.02. The molecule has 0 aromatic heterocycles. The van der Waals surface area contributed by atoms with Crippen molar-refractivity contribution in [3.05, 3.63) is 35.4 Å². The monoisotopic (exact) mass is 217 g/mol. The third-order valence-electron chi connectivity index (χ3n) is 2.03. The summed E-state index contributed by atoms with van der Waals surface area (Å²) in [5.74, 6) is 0. The van der Waals surface area contributed by atoms with Crippen LogP contribution >= 0.6 is 0 Å². The lowest BCUT2D eigenvalue weighted by molar-refractivity contribution is 1.39. The average Bonchev–Trinajstić information content (AvgIpc) is 2.60. The molecule has 0 N–H and O–H groups in total. The lowest BCUT2D eigenvalue weighted by atomic mass is 10.1. The quantitative estimate of drug-likeness (QED) is 0.568. The van der Waals surface area contributed by atoms with Gasteiger partial charge in [-0.25, -0.2) is 0 Å². The van der Waals surface area contributed by atoms with Gasteiger partial charge in [-0.15, -0.1) is 0 Å². The second-order valence-corrected chi connectivity index (χ2v) is 2.96. The first-order chi connectivity index (χ1) is 7.88. The Labute approximate surface area is 99.9 Å². The van der Waals surface area contributed by atoms with Gasteiger partial charge in [0, 0.05) is 18.2 Å². The van der Waals surface area contributed by atoms with Crippen molar-refractivity contribution >= 4 is 18.0 Å². The average molecular weight is 217 g/mol. The van der Waals surface area contributed by atoms with E-state index >= 15 is 0 Å². The molecule has 16 heavy (non-hydrogen) atoms. The Balaban J connectivity index is 0.000000509. The van der Waals surface area contributed by atoms with E-state index in [-0.39, 0.29) is 0 Å². The first-order valence-corrected chi connectivity index (χ1v) is 6.16. The normalized spacial score (nSPS) is 11.3. The summed E-state index contributed by atoms with van der Waals surface area (Å²) in [6, 6.07) is 6.26. The Bertz CT molecular complexity index is 348. The number of nitrogens with zero attached hydrogens (tertiary/aromatic N) is 1. The molecule has 88 valence electrons. The van der Waals surface area contributed by atoms with Gasteiger partial charge in [0.2, 0.25) is 0 Å². The fourth-order valence-corrected chi connectivity index (χ4v) is 1.39. The van der Waals surface area contributed by atoms with Crippen LogP contribution in [-0.4, -0.2) is 6.21 Å². The van der Waals surface area contributed by atoms with E-state index in [0.29, 0.717) is 0 Å². The second-order valence-electron chi connectivity index (χ2n) is 2.96. The summed E-state index contributed by atoms with van der Waals surface area (Å²) in [6.07, 6.45) is 7.16. The molecule has 0 saturated carbocycles. The predicted octanol–water partition coefficient (Wildman–Crippen LogP) is 5.17. The molecule has 0 radical (unpaired) electrons. The number of allylic oxidation sites excluding steroid dienone is 1. The van der Waals surface area contributed by atoms with Gasteiger partial charge in [-0.05, 0) is 12.5 Å². The smallest absolute Gasteiger partial charge is 0.0727 e. The van der Waals surface area contributed by atoms with Gasteiger partial charge >= 0.3 is 0 Å². The number of hydrogen-bond donors (Lipinski definition) is 0. The Kier molecular flexibility index (Phi) is 8.14. The van der Waals surface area contributed by atoms with Gasteiger partial charge in [0.15, 0.2) is 0 Å². The standard InChI is InChI=1S/C11H11N.2C2H6/c1-9-5-4-7-10-6-2-3-8-12-11(9)10;2*1-2/h2,4-8H,3H2,1H3;2*1-2H3. The van der Waals surface area contributed by atoms with Gasteiger partial charge in [-0.2, -0.15) is 0 Å². The van der Waals surface area contributed by atoms with Crippen LogP contribution in [0.2, 0.25) is 0 Å². The number of rotatable bonds is 0. The largest absolute Gasteiger partial charge is 0.260 e. The fraction of sp³-hybridized carbons (Fsp3) is 0.400. The summed E-state index contributed by atoms with van der Waals surface area (Å²) < 4.78 is 0. The zero-order chi connectivity index (χ0) is 12.4. The molecule has 1 aliphatic rings. The van der Waals surface area contributed by atoms with Crippen molar-refractivity contribution in [3.63, 3.8) is 0 Å². The summed E-state index contributed by atoms with van der Waals surface area (Å²) in [4.78, 5) is 4.40. The zero-order valence-corrected chi connectivity index (χ0v) is 11.1. The van der Waals surface area contributed by atoms with E-state index in [1.165, 1.54) is 11.1 Å². The minimum Gasteiger partial charge on any atom is -0.260 e. The van der Waals surface area contributed by atoms with Crippen molar-refractivity contribution in [2.75, 3.05) is 0 Å². The SMILES string of the molecule is CC.CC.Cc1cccc2c1N=CCC=C2. The van der Waals surface area contributed by atoms with E-state index in [9.17, 15) is 0 Å². The Morgan fingerprint density at radius 3 is 2.44 bits per heavy atom. The first kappa shape index (κ1) is 14.6. The van der Waals surface area contributed by atoms with Crippen LogP contribution in [0.3, 0.4) is 0 Å². The van der Waals surface area contributed by atoms with Crippen LogP contribution in [0.5, 0.6) is 0 Å². The minimum absolute atomic E-state index is 0.939. The highest BCUT2D eigenvalue weighted by molar-refractivity contribution is 5.77. The van der Waals surface area contributed by atoms with Gasteiger partial charge in [-0.3, -0.25) is 4.99 Å². The molecule has 0 amide bonds. The molecule has 0 bridgehead atoms. The molecule has 1 heterocycles. The van der Waals surface area contributed by atoms with Crippen molar-refractivity contribution in [1.82, 2.24) is 0 Å². The third kappa shape index (κ3) is 4.01. The van der Waals surface area contributed by atoms with Crippen LogP contribution in [0.15, 0.2) is 29.3 Å². The first-order valence-electron chi connectivity index (χ1n) is 6.16. The van der Waals surface area contributed by atoms with Gasteiger partial charge < -0.3 is 0 Å². The van der Waals surface area contributed by atoms with Crippen LogP contribution in [0, 0.1) is 6.92 Å². The maximum atomic E-state index is 4.40. The van der Waals surface area contributed by atoms with Crippen molar-refractivity contribution in [2.45, 2.75) is 41.0 Å². The summed E-state index contributed by atoms with van der Waals surface area (Å²) in [7, 11) is 0. The predicted molar refractivity (Wildman–Crippen MR) is 75.7 cm³/mol. The molecule has 0 unspecified atom stereocenters. The third-order valence-corrected chi connectivity index (χ3v) is 2.03. The molecule has 0 aliphatic carbocycles. The molecule has 0 spiro atoms. The van der Waals surface area contributed by atoms with E-state index < -0.39 is 0 Å². The van der Waals surface area contributed by atoms with E-state index in [1.807, 2.05) is 33.9 Å². The van der Waals surface area contributed by atoms with Crippen LogP contribution in [0.1, 0.15) is 45.2 Å². The molecule has 1 aromatic carbocycles. The van der Waals surface area contributed by atoms with Gasteiger partial charge in [0.1, 0.15) is 0 Å². The number of benzene rings is 1. The van der Waals surface area contributed by atoms with Crippen LogP contribution in [0.4, 0.5) is 5.69 Å². The zero-order valence-electron chi connectivity index (χ0n) is 11.1. The minimum atomic E-state index is 0.939. The Hall–Kier alpha value is -1.37.